The number of anilines is 1. The molecule has 1 aromatic rings. The van der Waals surface area contributed by atoms with Gasteiger partial charge in [0, 0.05) is 5.69 Å². The summed E-state index contributed by atoms with van der Waals surface area (Å²) in [7, 11) is 0. The highest BCUT2D eigenvalue weighted by Crippen LogP contribution is 2.43. The Labute approximate surface area is 115 Å². The second kappa shape index (κ2) is 5.82. The lowest BCUT2D eigenvalue weighted by molar-refractivity contribution is -0.162. The minimum absolute atomic E-state index is 0.103. The third-order valence-corrected chi connectivity index (χ3v) is 2.47. The zero-order valence-corrected chi connectivity index (χ0v) is 10.7. The molecule has 0 heterocycles. The van der Waals surface area contributed by atoms with Crippen molar-refractivity contribution in [3.63, 3.8) is 0 Å². The van der Waals surface area contributed by atoms with Gasteiger partial charge in [-0.05, 0) is 24.6 Å². The highest BCUT2D eigenvalue weighted by atomic mass is 19.4. The molecule has 9 heteroatoms. The first-order valence-corrected chi connectivity index (χ1v) is 5.69. The highest BCUT2D eigenvalue weighted by molar-refractivity contribution is 5.74. The number of hydrogen-bond donors (Lipinski definition) is 1. The van der Waals surface area contributed by atoms with Crippen LogP contribution in [0.2, 0.25) is 0 Å². The van der Waals surface area contributed by atoms with Crippen molar-refractivity contribution in [3.05, 3.63) is 28.8 Å². The fourth-order valence-electron chi connectivity index (χ4n) is 1.79. The molecule has 0 spiro atoms. The van der Waals surface area contributed by atoms with Crippen LogP contribution < -0.4 is 5.73 Å². The molecule has 0 fully saturated rings. The molecule has 1 aromatic carbocycles. The van der Waals surface area contributed by atoms with Gasteiger partial charge in [0.1, 0.15) is 0 Å². The van der Waals surface area contributed by atoms with E-state index in [1.54, 1.807) is 0 Å². The molecule has 1 rings (SSSR count). The summed E-state index contributed by atoms with van der Waals surface area (Å²) in [5, 5.41) is 0. The van der Waals surface area contributed by atoms with E-state index in [9.17, 15) is 31.1 Å². The number of halogens is 6. The number of carbonyl (C=O) groups excluding carboxylic acids is 1. The van der Waals surface area contributed by atoms with Crippen LogP contribution in [0.3, 0.4) is 0 Å². The molecule has 0 aliphatic carbocycles. The van der Waals surface area contributed by atoms with E-state index in [1.165, 1.54) is 6.92 Å². The molecule has 3 nitrogen and oxygen atoms in total. The summed E-state index contributed by atoms with van der Waals surface area (Å²) in [6, 6.07) is 0.881. The maximum atomic E-state index is 12.9. The van der Waals surface area contributed by atoms with Crippen molar-refractivity contribution in [2.45, 2.75) is 25.7 Å². The van der Waals surface area contributed by atoms with E-state index in [1.807, 2.05) is 0 Å². The van der Waals surface area contributed by atoms with Gasteiger partial charge in [-0.25, -0.2) is 0 Å². The van der Waals surface area contributed by atoms with Gasteiger partial charge in [-0.2, -0.15) is 26.3 Å². The maximum Gasteiger partial charge on any atom is 0.417 e. The number of carbonyl (C=O) groups is 1. The molecule has 0 aliphatic heterocycles. The number of hydrogen-bond acceptors (Lipinski definition) is 3. The molecular formula is C12H11F6NO2. The molecule has 118 valence electrons. The van der Waals surface area contributed by atoms with Crippen molar-refractivity contribution in [3.8, 4) is 0 Å². The number of nitrogens with two attached hydrogens (primary N) is 1. The summed E-state index contributed by atoms with van der Waals surface area (Å²) >= 11 is 0. The van der Waals surface area contributed by atoms with Crippen LogP contribution in [0.5, 0.6) is 0 Å². The quantitative estimate of drug-likeness (QED) is 0.528. The standard InChI is InChI=1S/C12H11F6NO2/c1-2-21-9(20)4-6-3-7(19)5-8(11(13,14)15)10(6)12(16,17)18/h3,5H,2,4,19H2,1H3. The summed E-state index contributed by atoms with van der Waals surface area (Å²) in [5.74, 6) is -1.07. The third kappa shape index (κ3) is 4.27. The highest BCUT2D eigenvalue weighted by Gasteiger charge is 2.45. The minimum atomic E-state index is -5.28. The summed E-state index contributed by atoms with van der Waals surface area (Å²) in [6.45, 7) is 1.32. The molecule has 0 aromatic heterocycles. The predicted octanol–water partition coefficient (Wildman–Crippen LogP) is 3.41. The summed E-state index contributed by atoms with van der Waals surface area (Å²) in [6.07, 6.45) is -11.5. The first-order chi connectivity index (χ1) is 9.46. The van der Waals surface area contributed by atoms with Crippen molar-refractivity contribution in [2.24, 2.45) is 0 Å². The molecule has 0 saturated heterocycles. The Hall–Kier alpha value is -1.93. The lowest BCUT2D eigenvalue weighted by Gasteiger charge is -2.19. The van der Waals surface area contributed by atoms with Gasteiger partial charge in [-0.3, -0.25) is 4.79 Å². The molecule has 0 aliphatic rings. The normalized spacial score (nSPS) is 12.3. The Kier molecular flexibility index (Phi) is 4.75. The Balaban J connectivity index is 3.48. The van der Waals surface area contributed by atoms with Gasteiger partial charge in [0.25, 0.3) is 0 Å². The van der Waals surface area contributed by atoms with Crippen LogP contribution in [0.1, 0.15) is 23.6 Å². The van der Waals surface area contributed by atoms with Gasteiger partial charge in [0.2, 0.25) is 0 Å². The second-order valence-corrected chi connectivity index (χ2v) is 4.08. The molecule has 0 bridgehead atoms. The van der Waals surface area contributed by atoms with Crippen molar-refractivity contribution in [2.75, 3.05) is 12.3 Å². The fraction of sp³-hybridized carbons (Fsp3) is 0.417. The minimum Gasteiger partial charge on any atom is -0.466 e. The number of alkyl halides is 6. The molecule has 21 heavy (non-hydrogen) atoms. The fourth-order valence-corrected chi connectivity index (χ4v) is 1.79. The van der Waals surface area contributed by atoms with Gasteiger partial charge in [0.15, 0.2) is 0 Å². The van der Waals surface area contributed by atoms with E-state index in [0.717, 1.165) is 0 Å². The van der Waals surface area contributed by atoms with Gasteiger partial charge in [0.05, 0.1) is 24.2 Å². The van der Waals surface area contributed by atoms with Crippen molar-refractivity contribution in [1.29, 1.82) is 0 Å². The van der Waals surface area contributed by atoms with E-state index < -0.39 is 47.1 Å². The van der Waals surface area contributed by atoms with E-state index in [-0.39, 0.29) is 12.7 Å². The molecule has 2 N–H and O–H groups in total. The van der Waals surface area contributed by atoms with Crippen molar-refractivity contribution < 1.29 is 35.9 Å². The van der Waals surface area contributed by atoms with E-state index in [2.05, 4.69) is 4.74 Å². The zero-order valence-electron chi connectivity index (χ0n) is 10.7. The summed E-state index contributed by atoms with van der Waals surface area (Å²) < 4.78 is 81.5. The van der Waals surface area contributed by atoms with Crippen LogP contribution >= 0.6 is 0 Å². The third-order valence-electron chi connectivity index (χ3n) is 2.47. The molecule has 0 atom stereocenters. The van der Waals surface area contributed by atoms with E-state index in [4.69, 9.17) is 5.73 Å². The lowest BCUT2D eigenvalue weighted by Crippen LogP contribution is -2.21. The van der Waals surface area contributed by atoms with Crippen LogP contribution in [0.15, 0.2) is 12.1 Å². The van der Waals surface area contributed by atoms with Crippen LogP contribution in [0.25, 0.3) is 0 Å². The predicted molar refractivity (Wildman–Crippen MR) is 61.2 cm³/mol. The molecule has 0 unspecified atom stereocenters. The van der Waals surface area contributed by atoms with Crippen LogP contribution in [0, 0.1) is 0 Å². The first-order valence-electron chi connectivity index (χ1n) is 5.69. The SMILES string of the molecule is CCOC(=O)Cc1cc(N)cc(C(F)(F)F)c1C(F)(F)F. The number of esters is 1. The van der Waals surface area contributed by atoms with Gasteiger partial charge in [-0.15, -0.1) is 0 Å². The zero-order chi connectivity index (χ0) is 16.4. The maximum absolute atomic E-state index is 12.9. The molecule has 0 amide bonds. The van der Waals surface area contributed by atoms with Crippen molar-refractivity contribution >= 4 is 11.7 Å². The molecule has 0 radical (unpaired) electrons. The average molecular weight is 315 g/mol. The average Bonchev–Trinajstić information content (AvgIpc) is 2.25. The lowest BCUT2D eigenvalue weighted by atomic mass is 9.96. The van der Waals surface area contributed by atoms with E-state index >= 15 is 0 Å². The summed E-state index contributed by atoms with van der Waals surface area (Å²) in [4.78, 5) is 11.3. The number of nitrogen functional groups attached to an aromatic ring is 1. The van der Waals surface area contributed by atoms with Crippen LogP contribution in [0.4, 0.5) is 32.0 Å². The number of benzene rings is 1. The van der Waals surface area contributed by atoms with Crippen LogP contribution in [-0.4, -0.2) is 12.6 Å². The van der Waals surface area contributed by atoms with E-state index in [0.29, 0.717) is 6.07 Å². The smallest absolute Gasteiger partial charge is 0.417 e. The van der Waals surface area contributed by atoms with Gasteiger partial charge in [-0.1, -0.05) is 0 Å². The largest absolute Gasteiger partial charge is 0.466 e. The monoisotopic (exact) mass is 315 g/mol. The Morgan fingerprint density at radius 1 is 1.14 bits per heavy atom. The Morgan fingerprint density at radius 3 is 2.14 bits per heavy atom. The molecule has 0 saturated carbocycles. The van der Waals surface area contributed by atoms with Crippen molar-refractivity contribution in [1.82, 2.24) is 0 Å². The number of ether oxygens (including phenoxy) is 1. The topological polar surface area (TPSA) is 52.3 Å². The molecular weight excluding hydrogens is 304 g/mol. The Morgan fingerprint density at radius 2 is 1.71 bits per heavy atom. The van der Waals surface area contributed by atoms with Crippen LogP contribution in [-0.2, 0) is 28.3 Å². The second-order valence-electron chi connectivity index (χ2n) is 4.08. The Bertz CT molecular complexity index is 536. The first kappa shape index (κ1) is 17.1. The van der Waals surface area contributed by atoms with Gasteiger partial charge < -0.3 is 10.5 Å². The number of rotatable bonds is 3. The summed E-state index contributed by atoms with van der Waals surface area (Å²) in [5.41, 5.74) is -0.0289. The van der Waals surface area contributed by atoms with Gasteiger partial charge >= 0.3 is 18.3 Å².